The predicted molar refractivity (Wildman–Crippen MR) is 100 cm³/mol. The summed E-state index contributed by atoms with van der Waals surface area (Å²) in [6.45, 7) is -0.375. The van der Waals surface area contributed by atoms with Gasteiger partial charge in [0.05, 0.1) is 6.42 Å². The molecule has 0 unspecified atom stereocenters. The number of esters is 1. The van der Waals surface area contributed by atoms with Gasteiger partial charge in [-0.1, -0.05) is 0 Å². The summed E-state index contributed by atoms with van der Waals surface area (Å²) in [5, 5.41) is 2.74. The molecule has 0 atom stereocenters. The molecule has 0 aliphatic carbocycles. The summed E-state index contributed by atoms with van der Waals surface area (Å²) in [7, 11) is 0. The highest BCUT2D eigenvalue weighted by atomic mass is 32.2. The number of fused-ring (bicyclic) bond motifs is 1. The largest absolute Gasteiger partial charge is 0.457 e. The van der Waals surface area contributed by atoms with Gasteiger partial charge in [0.2, 0.25) is 5.91 Å². The third-order valence-corrected chi connectivity index (χ3v) is 5.15. The van der Waals surface area contributed by atoms with Gasteiger partial charge in [0.1, 0.15) is 0 Å². The van der Waals surface area contributed by atoms with E-state index in [1.54, 1.807) is 18.2 Å². The molecular weight excluding hydrogens is 388 g/mol. The molecule has 1 aliphatic heterocycles. The van der Waals surface area contributed by atoms with Crippen LogP contribution in [-0.2, 0) is 20.7 Å². The number of carbonyl (C=O) groups excluding carboxylic acids is 3. The second-order valence-electron chi connectivity index (χ2n) is 6.18. The van der Waals surface area contributed by atoms with Crippen LogP contribution < -0.4 is 5.32 Å². The van der Waals surface area contributed by atoms with Crippen LogP contribution >= 0.6 is 11.8 Å². The van der Waals surface area contributed by atoms with E-state index in [1.165, 1.54) is 17.8 Å². The molecule has 0 fully saturated rings. The normalized spacial score (nSPS) is 12.9. The van der Waals surface area contributed by atoms with Gasteiger partial charge in [0.25, 0.3) is 0 Å². The standard InChI is InChI=1S/C20H17F2NO4S/c21-15-4-3-14(10-16(15)22)28-8-7-20(26)27-11-18(24)13-1-5-17-12(9-13)2-6-19(25)23-17/h1,3-5,9-10H,2,6-8,11H2,(H,23,25). The van der Waals surface area contributed by atoms with Crippen molar-refractivity contribution in [2.24, 2.45) is 0 Å². The highest BCUT2D eigenvalue weighted by Crippen LogP contribution is 2.24. The van der Waals surface area contributed by atoms with Crippen molar-refractivity contribution >= 4 is 35.1 Å². The van der Waals surface area contributed by atoms with Crippen LogP contribution in [0.25, 0.3) is 0 Å². The molecule has 0 radical (unpaired) electrons. The number of amides is 1. The van der Waals surface area contributed by atoms with E-state index in [4.69, 9.17) is 4.74 Å². The maximum absolute atomic E-state index is 13.1. The van der Waals surface area contributed by atoms with E-state index in [9.17, 15) is 23.2 Å². The Morgan fingerprint density at radius 1 is 1.07 bits per heavy atom. The maximum Gasteiger partial charge on any atom is 0.307 e. The van der Waals surface area contributed by atoms with E-state index < -0.39 is 17.6 Å². The molecule has 3 rings (SSSR count). The lowest BCUT2D eigenvalue weighted by Gasteiger charge is -2.17. The second-order valence-corrected chi connectivity index (χ2v) is 7.35. The lowest BCUT2D eigenvalue weighted by atomic mass is 9.99. The van der Waals surface area contributed by atoms with Gasteiger partial charge in [0.15, 0.2) is 24.0 Å². The first-order valence-electron chi connectivity index (χ1n) is 8.62. The number of benzene rings is 2. The number of hydrogen-bond donors (Lipinski definition) is 1. The summed E-state index contributed by atoms with van der Waals surface area (Å²) in [6.07, 6.45) is 0.964. The third-order valence-electron chi connectivity index (χ3n) is 4.15. The number of carbonyl (C=O) groups is 3. The van der Waals surface area contributed by atoms with E-state index in [0.29, 0.717) is 34.7 Å². The number of halogens is 2. The van der Waals surface area contributed by atoms with E-state index in [2.05, 4.69) is 5.32 Å². The zero-order valence-corrected chi connectivity index (χ0v) is 15.6. The van der Waals surface area contributed by atoms with Crippen molar-refractivity contribution in [3.05, 3.63) is 59.2 Å². The highest BCUT2D eigenvalue weighted by Gasteiger charge is 2.17. The fraction of sp³-hybridized carbons (Fsp3) is 0.250. The van der Waals surface area contributed by atoms with Crippen LogP contribution in [0.15, 0.2) is 41.3 Å². The van der Waals surface area contributed by atoms with E-state index in [-0.39, 0.29) is 24.7 Å². The molecule has 0 aromatic heterocycles. The topological polar surface area (TPSA) is 72.5 Å². The Hall–Kier alpha value is -2.74. The van der Waals surface area contributed by atoms with Crippen LogP contribution in [0.4, 0.5) is 14.5 Å². The molecule has 1 N–H and O–H groups in total. The SMILES string of the molecule is O=C1CCc2cc(C(=O)COC(=O)CCSc3ccc(F)c(F)c3)ccc2N1. The lowest BCUT2D eigenvalue weighted by Crippen LogP contribution is -2.20. The van der Waals surface area contributed by atoms with Crippen molar-refractivity contribution in [2.75, 3.05) is 17.7 Å². The fourth-order valence-electron chi connectivity index (χ4n) is 2.68. The van der Waals surface area contributed by atoms with E-state index in [1.807, 2.05) is 0 Å². The van der Waals surface area contributed by atoms with Crippen molar-refractivity contribution < 1.29 is 27.9 Å². The van der Waals surface area contributed by atoms with E-state index >= 15 is 0 Å². The molecule has 5 nitrogen and oxygen atoms in total. The summed E-state index contributed by atoms with van der Waals surface area (Å²) in [5.74, 6) is -2.48. The minimum atomic E-state index is -0.942. The number of nitrogens with one attached hydrogen (secondary N) is 1. The smallest absolute Gasteiger partial charge is 0.307 e. The van der Waals surface area contributed by atoms with Gasteiger partial charge in [-0.05, 0) is 48.4 Å². The van der Waals surface area contributed by atoms with Crippen molar-refractivity contribution in [2.45, 2.75) is 24.2 Å². The van der Waals surface area contributed by atoms with E-state index in [0.717, 1.165) is 17.7 Å². The molecule has 1 amide bonds. The number of anilines is 1. The summed E-state index contributed by atoms with van der Waals surface area (Å²) in [4.78, 5) is 35.9. The highest BCUT2D eigenvalue weighted by molar-refractivity contribution is 7.99. The molecular formula is C20H17F2NO4S. The Labute approximate surface area is 164 Å². The van der Waals surface area contributed by atoms with Crippen molar-refractivity contribution in [1.82, 2.24) is 0 Å². The zero-order valence-electron chi connectivity index (χ0n) is 14.8. The molecule has 0 spiro atoms. The van der Waals surface area contributed by atoms with Crippen LogP contribution in [0.2, 0.25) is 0 Å². The summed E-state index contributed by atoms with van der Waals surface area (Å²) >= 11 is 1.19. The number of rotatable bonds is 7. The van der Waals surface area contributed by atoms with Crippen molar-refractivity contribution in [1.29, 1.82) is 0 Å². The van der Waals surface area contributed by atoms with Gasteiger partial charge in [-0.25, -0.2) is 8.78 Å². The van der Waals surface area contributed by atoms with Gasteiger partial charge >= 0.3 is 5.97 Å². The van der Waals surface area contributed by atoms with Crippen molar-refractivity contribution in [3.63, 3.8) is 0 Å². The number of hydrogen-bond acceptors (Lipinski definition) is 5. The van der Waals surface area contributed by atoms with Crippen molar-refractivity contribution in [3.8, 4) is 0 Å². The molecule has 0 bridgehead atoms. The molecule has 28 heavy (non-hydrogen) atoms. The number of ketones is 1. The Morgan fingerprint density at radius 2 is 1.89 bits per heavy atom. The first kappa shape index (κ1) is 20.0. The zero-order chi connectivity index (χ0) is 20.1. The van der Waals surface area contributed by atoms with Crippen LogP contribution in [0.3, 0.4) is 0 Å². The second kappa shape index (κ2) is 8.97. The summed E-state index contributed by atoms with van der Waals surface area (Å²) in [5.41, 5.74) is 1.98. The first-order chi connectivity index (χ1) is 13.4. The molecule has 8 heteroatoms. The number of aryl methyl sites for hydroxylation is 1. The van der Waals surface area contributed by atoms with Crippen LogP contribution in [0, 0.1) is 11.6 Å². The van der Waals surface area contributed by atoms with Crippen LogP contribution in [-0.4, -0.2) is 30.0 Å². The van der Waals surface area contributed by atoms with Gasteiger partial charge < -0.3 is 10.1 Å². The van der Waals surface area contributed by atoms with Gasteiger partial charge in [-0.3, -0.25) is 14.4 Å². The van der Waals surface area contributed by atoms with Gasteiger partial charge in [0, 0.05) is 28.3 Å². The van der Waals surface area contributed by atoms with Gasteiger partial charge in [-0.15, -0.1) is 11.8 Å². The third kappa shape index (κ3) is 5.16. The molecule has 1 heterocycles. The van der Waals surface area contributed by atoms with Gasteiger partial charge in [-0.2, -0.15) is 0 Å². The quantitative estimate of drug-likeness (QED) is 0.431. The summed E-state index contributed by atoms with van der Waals surface area (Å²) in [6, 6.07) is 8.46. The summed E-state index contributed by atoms with van der Waals surface area (Å²) < 4.78 is 31.0. The number of ether oxygens (including phenoxy) is 1. The Morgan fingerprint density at radius 3 is 2.68 bits per heavy atom. The first-order valence-corrected chi connectivity index (χ1v) is 9.60. The Bertz CT molecular complexity index is 932. The monoisotopic (exact) mass is 405 g/mol. The molecule has 1 aliphatic rings. The number of Topliss-reactive ketones (excluding diaryl/α,β-unsaturated/α-hetero) is 1. The average molecular weight is 405 g/mol. The molecule has 146 valence electrons. The Kier molecular flexibility index (Phi) is 6.41. The fourth-order valence-corrected chi connectivity index (χ4v) is 3.53. The molecule has 0 saturated carbocycles. The number of thioether (sulfide) groups is 1. The minimum absolute atomic E-state index is 0.0349. The predicted octanol–water partition coefficient (Wildman–Crippen LogP) is 3.76. The maximum atomic E-state index is 13.1. The average Bonchev–Trinajstić information content (AvgIpc) is 2.68. The minimum Gasteiger partial charge on any atom is -0.457 e. The molecule has 0 saturated heterocycles. The lowest BCUT2D eigenvalue weighted by molar-refractivity contribution is -0.142. The molecule has 2 aromatic rings. The molecule has 2 aromatic carbocycles. The Balaban J connectivity index is 1.44. The van der Waals surface area contributed by atoms with Crippen LogP contribution in [0.1, 0.15) is 28.8 Å². The van der Waals surface area contributed by atoms with Crippen LogP contribution in [0.5, 0.6) is 0 Å².